The van der Waals surface area contributed by atoms with Crippen LogP contribution in [-0.4, -0.2) is 147 Å². The fraction of sp³-hybridized carbons (Fsp3) is 0.684. The molecular weight excluding hydrogens is 792 g/mol. The molecule has 0 bridgehead atoms. The zero-order chi connectivity index (χ0) is 42.2. The standard InChI is InChI=1S/C38H59ClN2O17/c39-15-3-1-2-4-17-48-23-24-49-19-8-10-36(43)55-31-29-52-28-26-51-22-16-40-37(44)56-21-6-5-20-54-35(42)9-7-18-50-25-27-53-30-32-57-38(45)58-34-13-11-33(12-14-34)41(46)47/h5-6,11-14H,1-4,7-10,15-32H2,(H,40,44)/b6-5+. The van der Waals surface area contributed by atoms with Gasteiger partial charge in [0.1, 0.15) is 32.2 Å². The monoisotopic (exact) mass is 850 g/mol. The lowest BCUT2D eigenvalue weighted by Gasteiger charge is -2.08. The summed E-state index contributed by atoms with van der Waals surface area (Å²) in [6, 6.07) is 4.98. The number of nitro benzene ring substituents is 1. The number of hydrogen-bond donors (Lipinski definition) is 1. The van der Waals surface area contributed by atoms with Crippen molar-refractivity contribution in [1.29, 1.82) is 0 Å². The maximum atomic E-state index is 11.8. The number of halogens is 1. The molecule has 0 saturated carbocycles. The second-order valence-corrected chi connectivity index (χ2v) is 12.2. The van der Waals surface area contributed by atoms with Crippen molar-refractivity contribution in [2.24, 2.45) is 0 Å². The molecule has 0 radical (unpaired) electrons. The summed E-state index contributed by atoms with van der Waals surface area (Å²) in [5.74, 6) is 0.109. The molecule has 19 nitrogen and oxygen atoms in total. The third kappa shape index (κ3) is 34.0. The Labute approximate surface area is 344 Å². The van der Waals surface area contributed by atoms with Gasteiger partial charge >= 0.3 is 24.2 Å². The molecule has 1 N–H and O–H groups in total. The van der Waals surface area contributed by atoms with E-state index >= 15 is 0 Å². The molecule has 0 aliphatic rings. The topological polar surface area (TPSA) is 225 Å². The maximum absolute atomic E-state index is 11.8. The van der Waals surface area contributed by atoms with Gasteiger partial charge in [-0.15, -0.1) is 11.6 Å². The van der Waals surface area contributed by atoms with Crippen molar-refractivity contribution < 1.29 is 76.2 Å². The Kier molecular flexibility index (Phi) is 34.4. The van der Waals surface area contributed by atoms with E-state index in [4.69, 9.17) is 63.7 Å². The Balaban J connectivity index is 1.80. The Morgan fingerprint density at radius 3 is 1.64 bits per heavy atom. The van der Waals surface area contributed by atoms with Crippen LogP contribution in [0.4, 0.5) is 15.3 Å². The lowest BCUT2D eigenvalue weighted by Crippen LogP contribution is -2.28. The van der Waals surface area contributed by atoms with E-state index in [2.05, 4.69) is 5.32 Å². The van der Waals surface area contributed by atoms with Crippen LogP contribution in [0.15, 0.2) is 36.4 Å². The highest BCUT2D eigenvalue weighted by Gasteiger charge is 2.09. The van der Waals surface area contributed by atoms with Crippen LogP contribution in [0.2, 0.25) is 0 Å². The quantitative estimate of drug-likeness (QED) is 0.0136. The molecule has 1 aromatic rings. The zero-order valence-electron chi connectivity index (χ0n) is 33.1. The van der Waals surface area contributed by atoms with Crippen molar-refractivity contribution in [3.63, 3.8) is 0 Å². The third-order valence-electron chi connectivity index (χ3n) is 7.15. The van der Waals surface area contributed by atoms with Gasteiger partial charge in [-0.3, -0.25) is 19.7 Å². The summed E-state index contributed by atoms with van der Waals surface area (Å²) >= 11 is 5.64. The molecule has 58 heavy (non-hydrogen) atoms. The second-order valence-electron chi connectivity index (χ2n) is 11.8. The van der Waals surface area contributed by atoms with E-state index in [0.717, 1.165) is 32.3 Å². The Hall–Kier alpha value is -4.11. The van der Waals surface area contributed by atoms with Gasteiger partial charge in [0, 0.05) is 57.2 Å². The van der Waals surface area contributed by atoms with Gasteiger partial charge < -0.3 is 57.4 Å². The van der Waals surface area contributed by atoms with E-state index in [1.807, 2.05) is 0 Å². The second kappa shape index (κ2) is 38.4. The van der Waals surface area contributed by atoms with Crippen LogP contribution >= 0.6 is 11.6 Å². The van der Waals surface area contributed by atoms with E-state index in [0.29, 0.717) is 58.4 Å². The summed E-state index contributed by atoms with van der Waals surface area (Å²) in [6.07, 6.45) is 7.29. The highest BCUT2D eigenvalue weighted by molar-refractivity contribution is 6.17. The summed E-state index contributed by atoms with van der Waals surface area (Å²) in [5.41, 5.74) is -0.129. The van der Waals surface area contributed by atoms with Gasteiger partial charge in [-0.1, -0.05) is 12.8 Å². The number of unbranched alkanes of at least 4 members (excludes halogenated alkanes) is 3. The molecule has 0 heterocycles. The summed E-state index contributed by atoms with van der Waals surface area (Å²) in [5, 5.41) is 13.2. The summed E-state index contributed by atoms with van der Waals surface area (Å²) in [7, 11) is 0. The molecule has 330 valence electrons. The Morgan fingerprint density at radius 2 is 1.05 bits per heavy atom. The molecule has 0 aliphatic heterocycles. The average Bonchev–Trinajstić information content (AvgIpc) is 3.21. The molecule has 1 rings (SSSR count). The number of non-ortho nitro benzene ring substituents is 1. The van der Waals surface area contributed by atoms with Crippen LogP contribution in [0.25, 0.3) is 0 Å². The molecule has 1 amide bonds. The summed E-state index contributed by atoms with van der Waals surface area (Å²) in [4.78, 5) is 57.1. The Morgan fingerprint density at radius 1 is 0.569 bits per heavy atom. The lowest BCUT2D eigenvalue weighted by atomic mass is 10.2. The number of carbonyl (C=O) groups is 4. The molecule has 0 saturated heterocycles. The molecule has 0 spiro atoms. The van der Waals surface area contributed by atoms with Crippen LogP contribution in [0.1, 0.15) is 51.4 Å². The summed E-state index contributed by atoms with van der Waals surface area (Å²) < 4.78 is 57.3. The fourth-order valence-electron chi connectivity index (χ4n) is 4.24. The van der Waals surface area contributed by atoms with Crippen LogP contribution in [0.3, 0.4) is 0 Å². The molecule has 0 unspecified atom stereocenters. The van der Waals surface area contributed by atoms with Gasteiger partial charge in [-0.25, -0.2) is 9.59 Å². The highest BCUT2D eigenvalue weighted by Crippen LogP contribution is 2.17. The Bertz CT molecular complexity index is 1260. The minimum absolute atomic E-state index is 0.00317. The fourth-order valence-corrected chi connectivity index (χ4v) is 4.43. The number of amides is 1. The zero-order valence-corrected chi connectivity index (χ0v) is 33.9. The third-order valence-corrected chi connectivity index (χ3v) is 7.42. The van der Waals surface area contributed by atoms with Crippen molar-refractivity contribution >= 4 is 41.5 Å². The minimum Gasteiger partial charge on any atom is -0.463 e. The maximum Gasteiger partial charge on any atom is 0.513 e. The molecule has 1 aromatic carbocycles. The predicted molar refractivity (Wildman–Crippen MR) is 208 cm³/mol. The number of alkyl carbamates (subject to hydrolysis) is 1. The average molecular weight is 851 g/mol. The van der Waals surface area contributed by atoms with Crippen molar-refractivity contribution in [3.05, 3.63) is 46.5 Å². The van der Waals surface area contributed by atoms with Crippen LogP contribution in [-0.2, 0) is 57.0 Å². The molecule has 0 aromatic heterocycles. The van der Waals surface area contributed by atoms with Gasteiger partial charge in [-0.05, 0) is 50.0 Å². The first-order chi connectivity index (χ1) is 28.3. The van der Waals surface area contributed by atoms with Crippen molar-refractivity contribution in [2.45, 2.75) is 51.4 Å². The van der Waals surface area contributed by atoms with Gasteiger partial charge in [0.25, 0.3) is 5.69 Å². The number of rotatable bonds is 38. The number of esters is 2. The van der Waals surface area contributed by atoms with E-state index in [-0.39, 0.29) is 96.3 Å². The van der Waals surface area contributed by atoms with Crippen LogP contribution in [0.5, 0.6) is 5.75 Å². The first-order valence-corrected chi connectivity index (χ1v) is 19.8. The number of carbonyl (C=O) groups excluding carboxylic acids is 4. The number of ether oxygens (including phenoxy) is 11. The number of nitrogens with one attached hydrogen (secondary N) is 1. The molecular formula is C38H59ClN2O17. The smallest absolute Gasteiger partial charge is 0.463 e. The first kappa shape index (κ1) is 51.9. The number of alkyl halides is 1. The van der Waals surface area contributed by atoms with Gasteiger partial charge in [-0.2, -0.15) is 0 Å². The van der Waals surface area contributed by atoms with Gasteiger partial charge in [0.2, 0.25) is 0 Å². The van der Waals surface area contributed by atoms with Crippen LogP contribution in [0, 0.1) is 10.1 Å². The van der Waals surface area contributed by atoms with Gasteiger partial charge in [0.05, 0.1) is 64.4 Å². The van der Waals surface area contributed by atoms with E-state index < -0.39 is 23.1 Å². The number of nitro groups is 1. The normalized spacial score (nSPS) is 11.0. The van der Waals surface area contributed by atoms with Crippen LogP contribution < -0.4 is 10.1 Å². The highest BCUT2D eigenvalue weighted by atomic mass is 35.5. The number of hydrogen-bond acceptors (Lipinski definition) is 17. The van der Waals surface area contributed by atoms with E-state index in [1.54, 1.807) is 12.2 Å². The molecule has 20 heteroatoms. The molecule has 0 atom stereocenters. The van der Waals surface area contributed by atoms with Crippen molar-refractivity contribution in [2.75, 3.05) is 118 Å². The largest absolute Gasteiger partial charge is 0.513 e. The SMILES string of the molecule is O=C(CCCOCCOCCOC(=O)Oc1ccc([N+](=O)[O-])cc1)OC/C=C/COC(=O)NCCOCCOCCOC(=O)CCCOCCOCCCCCCCl. The van der Waals surface area contributed by atoms with Crippen molar-refractivity contribution in [3.8, 4) is 5.75 Å². The molecule has 0 aliphatic carbocycles. The first-order valence-electron chi connectivity index (χ1n) is 19.3. The van der Waals surface area contributed by atoms with Crippen molar-refractivity contribution in [1.82, 2.24) is 5.32 Å². The summed E-state index contributed by atoms with van der Waals surface area (Å²) in [6.45, 7) is 4.65. The number of benzene rings is 1. The lowest BCUT2D eigenvalue weighted by molar-refractivity contribution is -0.384. The van der Waals surface area contributed by atoms with Gasteiger partial charge in [0.15, 0.2) is 0 Å². The molecule has 0 fully saturated rings. The van der Waals surface area contributed by atoms with E-state index in [1.165, 1.54) is 24.3 Å². The van der Waals surface area contributed by atoms with E-state index in [9.17, 15) is 29.3 Å². The minimum atomic E-state index is -0.965. The number of nitrogens with zero attached hydrogens (tertiary/aromatic N) is 1. The predicted octanol–water partition coefficient (Wildman–Crippen LogP) is 4.94.